The Morgan fingerprint density at radius 2 is 2.17 bits per heavy atom. The molecule has 70 valence electrons. The van der Waals surface area contributed by atoms with Crippen molar-refractivity contribution in [2.24, 2.45) is 0 Å². The van der Waals surface area contributed by atoms with Crippen LogP contribution in [0.1, 0.15) is 12.8 Å². The van der Waals surface area contributed by atoms with Gasteiger partial charge in [-0.05, 0) is 13.0 Å². The molecular weight excluding hydrogens is 152 g/mol. The van der Waals surface area contributed by atoms with Crippen molar-refractivity contribution in [1.82, 2.24) is 10.2 Å². The molecule has 1 N–H and O–H groups in total. The molecule has 0 saturated carbocycles. The minimum absolute atomic E-state index is 0.168. The molecule has 0 aliphatic carbocycles. The molecule has 3 nitrogen and oxygen atoms in total. The first kappa shape index (κ1) is 11.2. The van der Waals surface area contributed by atoms with Crippen LogP contribution in [-0.4, -0.2) is 38.0 Å². The molecule has 0 spiro atoms. The number of hydrogen-bond acceptors (Lipinski definition) is 2. The molecule has 0 aliphatic rings. The van der Waals surface area contributed by atoms with Crippen molar-refractivity contribution < 1.29 is 4.79 Å². The van der Waals surface area contributed by atoms with E-state index in [0.29, 0.717) is 6.42 Å². The molecule has 0 rings (SSSR count). The van der Waals surface area contributed by atoms with Crippen molar-refractivity contribution in [3.8, 4) is 0 Å². The molecule has 1 amide bonds. The average molecular weight is 170 g/mol. The monoisotopic (exact) mass is 170 g/mol. The standard InChI is InChI=1S/C9H18N2O/c1-4-5-7-10-8-6-9(12)11(2)3/h4,10H,1,5-8H2,2-3H3. The first-order valence-corrected chi connectivity index (χ1v) is 4.20. The number of nitrogens with zero attached hydrogens (tertiary/aromatic N) is 1. The summed E-state index contributed by atoms with van der Waals surface area (Å²) < 4.78 is 0. The van der Waals surface area contributed by atoms with E-state index in [4.69, 9.17) is 0 Å². The highest BCUT2D eigenvalue weighted by Gasteiger charge is 2.01. The molecule has 0 aromatic rings. The van der Waals surface area contributed by atoms with E-state index in [0.717, 1.165) is 19.5 Å². The van der Waals surface area contributed by atoms with Gasteiger partial charge in [0.25, 0.3) is 0 Å². The van der Waals surface area contributed by atoms with E-state index in [1.807, 2.05) is 6.08 Å². The van der Waals surface area contributed by atoms with Crippen LogP contribution in [0.5, 0.6) is 0 Å². The minimum Gasteiger partial charge on any atom is -0.349 e. The fourth-order valence-corrected chi connectivity index (χ4v) is 0.748. The normalized spacial score (nSPS) is 9.50. The number of hydrogen-bond donors (Lipinski definition) is 1. The van der Waals surface area contributed by atoms with E-state index >= 15 is 0 Å². The predicted molar refractivity (Wildman–Crippen MR) is 51.0 cm³/mol. The Labute approximate surface area is 74.4 Å². The summed E-state index contributed by atoms with van der Waals surface area (Å²) in [7, 11) is 3.54. The highest BCUT2D eigenvalue weighted by atomic mass is 16.2. The summed E-state index contributed by atoms with van der Waals surface area (Å²) >= 11 is 0. The SMILES string of the molecule is C=CCCNCCC(=O)N(C)C. The van der Waals surface area contributed by atoms with Crippen molar-refractivity contribution in [3.63, 3.8) is 0 Å². The number of rotatable bonds is 6. The van der Waals surface area contributed by atoms with Gasteiger partial charge in [-0.1, -0.05) is 6.08 Å². The summed E-state index contributed by atoms with van der Waals surface area (Å²) in [5, 5.41) is 3.15. The Morgan fingerprint density at radius 1 is 1.50 bits per heavy atom. The zero-order valence-corrected chi connectivity index (χ0v) is 7.97. The van der Waals surface area contributed by atoms with Crippen molar-refractivity contribution >= 4 is 5.91 Å². The van der Waals surface area contributed by atoms with Gasteiger partial charge in [0.15, 0.2) is 0 Å². The molecule has 0 fully saturated rings. The molecule has 0 bridgehead atoms. The lowest BCUT2D eigenvalue weighted by molar-refractivity contribution is -0.128. The molecule has 0 radical (unpaired) electrons. The Balaban J connectivity index is 3.19. The summed E-state index contributed by atoms with van der Waals surface area (Å²) in [6.45, 7) is 5.27. The van der Waals surface area contributed by atoms with Crippen molar-refractivity contribution in [2.45, 2.75) is 12.8 Å². The van der Waals surface area contributed by atoms with Gasteiger partial charge in [-0.3, -0.25) is 4.79 Å². The highest BCUT2D eigenvalue weighted by molar-refractivity contribution is 5.75. The van der Waals surface area contributed by atoms with E-state index < -0.39 is 0 Å². The van der Waals surface area contributed by atoms with Crippen LogP contribution < -0.4 is 5.32 Å². The van der Waals surface area contributed by atoms with E-state index in [9.17, 15) is 4.79 Å². The van der Waals surface area contributed by atoms with E-state index in [2.05, 4.69) is 11.9 Å². The number of amides is 1. The van der Waals surface area contributed by atoms with Gasteiger partial charge in [-0.25, -0.2) is 0 Å². The third kappa shape index (κ3) is 5.92. The van der Waals surface area contributed by atoms with Gasteiger partial charge in [0.1, 0.15) is 0 Å². The average Bonchev–Trinajstić information content (AvgIpc) is 2.03. The third-order valence-electron chi connectivity index (χ3n) is 1.54. The molecular formula is C9H18N2O. The van der Waals surface area contributed by atoms with Crippen LogP contribution in [0.25, 0.3) is 0 Å². The molecule has 0 aromatic heterocycles. The lowest BCUT2D eigenvalue weighted by Gasteiger charge is -2.09. The van der Waals surface area contributed by atoms with Crippen LogP contribution in [0.4, 0.5) is 0 Å². The topological polar surface area (TPSA) is 32.3 Å². The summed E-state index contributed by atoms with van der Waals surface area (Å²) in [6.07, 6.45) is 3.39. The molecule has 0 unspecified atom stereocenters. The van der Waals surface area contributed by atoms with E-state index in [1.54, 1.807) is 19.0 Å². The largest absolute Gasteiger partial charge is 0.349 e. The first-order chi connectivity index (χ1) is 5.68. The first-order valence-electron chi connectivity index (χ1n) is 4.20. The second-order valence-corrected chi connectivity index (χ2v) is 2.87. The zero-order valence-electron chi connectivity index (χ0n) is 7.97. The number of carbonyl (C=O) groups excluding carboxylic acids is 1. The second kappa shape index (κ2) is 6.85. The van der Waals surface area contributed by atoms with E-state index in [-0.39, 0.29) is 5.91 Å². The molecule has 12 heavy (non-hydrogen) atoms. The van der Waals surface area contributed by atoms with Crippen LogP contribution >= 0.6 is 0 Å². The van der Waals surface area contributed by atoms with Crippen molar-refractivity contribution in [2.75, 3.05) is 27.2 Å². The maximum Gasteiger partial charge on any atom is 0.223 e. The third-order valence-corrected chi connectivity index (χ3v) is 1.54. The van der Waals surface area contributed by atoms with Gasteiger partial charge in [-0.2, -0.15) is 0 Å². The summed E-state index contributed by atoms with van der Waals surface area (Å²) in [4.78, 5) is 12.6. The fourth-order valence-electron chi connectivity index (χ4n) is 0.748. The predicted octanol–water partition coefficient (Wildman–Crippen LogP) is 0.630. The molecule has 0 atom stereocenters. The van der Waals surface area contributed by atoms with Gasteiger partial charge in [-0.15, -0.1) is 6.58 Å². The summed E-state index contributed by atoms with van der Waals surface area (Å²) in [5.74, 6) is 0.168. The van der Waals surface area contributed by atoms with Crippen molar-refractivity contribution in [3.05, 3.63) is 12.7 Å². The highest BCUT2D eigenvalue weighted by Crippen LogP contribution is 1.85. The maximum atomic E-state index is 11.0. The Kier molecular flexibility index (Phi) is 6.38. The fraction of sp³-hybridized carbons (Fsp3) is 0.667. The van der Waals surface area contributed by atoms with Crippen LogP contribution in [0.2, 0.25) is 0 Å². The van der Waals surface area contributed by atoms with E-state index in [1.165, 1.54) is 0 Å². The molecule has 0 saturated heterocycles. The lowest BCUT2D eigenvalue weighted by Crippen LogP contribution is -2.26. The molecule has 3 heteroatoms. The molecule has 0 aromatic carbocycles. The smallest absolute Gasteiger partial charge is 0.223 e. The molecule has 0 heterocycles. The Morgan fingerprint density at radius 3 is 2.67 bits per heavy atom. The van der Waals surface area contributed by atoms with Crippen molar-refractivity contribution in [1.29, 1.82) is 0 Å². The van der Waals surface area contributed by atoms with Crippen LogP contribution in [-0.2, 0) is 4.79 Å². The van der Waals surface area contributed by atoms with Gasteiger partial charge in [0, 0.05) is 27.1 Å². The van der Waals surface area contributed by atoms with Gasteiger partial charge >= 0.3 is 0 Å². The summed E-state index contributed by atoms with van der Waals surface area (Å²) in [6, 6.07) is 0. The number of nitrogens with one attached hydrogen (secondary N) is 1. The van der Waals surface area contributed by atoms with Gasteiger partial charge in [0.05, 0.1) is 0 Å². The molecule has 0 aliphatic heterocycles. The van der Waals surface area contributed by atoms with Crippen LogP contribution in [0.15, 0.2) is 12.7 Å². The maximum absolute atomic E-state index is 11.0. The zero-order chi connectivity index (χ0) is 9.40. The summed E-state index contributed by atoms with van der Waals surface area (Å²) in [5.41, 5.74) is 0. The van der Waals surface area contributed by atoms with Crippen LogP contribution in [0, 0.1) is 0 Å². The number of carbonyl (C=O) groups is 1. The lowest BCUT2D eigenvalue weighted by atomic mass is 10.3. The Bertz CT molecular complexity index is 143. The minimum atomic E-state index is 0.168. The Hall–Kier alpha value is -0.830. The van der Waals surface area contributed by atoms with Gasteiger partial charge in [0.2, 0.25) is 5.91 Å². The van der Waals surface area contributed by atoms with Crippen LogP contribution in [0.3, 0.4) is 0 Å². The van der Waals surface area contributed by atoms with Gasteiger partial charge < -0.3 is 10.2 Å². The quantitative estimate of drug-likeness (QED) is 0.468. The second-order valence-electron chi connectivity index (χ2n) is 2.87.